The average Bonchev–Trinajstić information content (AvgIpc) is 2.36. The Morgan fingerprint density at radius 1 is 1.40 bits per heavy atom. The normalized spacial score (nSPS) is 12.2. The molecule has 1 rings (SSSR count). The number of amides is 1. The zero-order valence-corrected chi connectivity index (χ0v) is 10.6. The maximum absolute atomic E-state index is 12.0. The third-order valence-corrected chi connectivity index (χ3v) is 2.23. The first kappa shape index (κ1) is 15.7. The van der Waals surface area contributed by atoms with Gasteiger partial charge in [-0.15, -0.1) is 19.6 Å². The zero-order valence-electron chi connectivity index (χ0n) is 10.6. The summed E-state index contributed by atoms with van der Waals surface area (Å²) in [6, 6.07) is 4.50. The SMILES string of the molecule is C#CCNC(=O)[C@@H](C)Nc1ccc(OC(F)(F)F)cc1. The largest absolute Gasteiger partial charge is 0.573 e. The molecular weight excluding hydrogens is 273 g/mol. The smallest absolute Gasteiger partial charge is 0.406 e. The number of nitrogens with one attached hydrogen (secondary N) is 2. The van der Waals surface area contributed by atoms with E-state index in [9.17, 15) is 18.0 Å². The van der Waals surface area contributed by atoms with Crippen molar-refractivity contribution in [1.82, 2.24) is 5.32 Å². The van der Waals surface area contributed by atoms with E-state index in [1.165, 1.54) is 12.1 Å². The lowest BCUT2D eigenvalue weighted by molar-refractivity contribution is -0.274. The van der Waals surface area contributed by atoms with E-state index < -0.39 is 12.4 Å². The first-order chi connectivity index (χ1) is 9.31. The van der Waals surface area contributed by atoms with Crippen molar-refractivity contribution in [3.63, 3.8) is 0 Å². The lowest BCUT2D eigenvalue weighted by Gasteiger charge is -2.15. The van der Waals surface area contributed by atoms with Crippen LogP contribution in [0.25, 0.3) is 0 Å². The van der Waals surface area contributed by atoms with Gasteiger partial charge < -0.3 is 15.4 Å². The van der Waals surface area contributed by atoms with Crippen LogP contribution in [0, 0.1) is 12.3 Å². The molecular formula is C13H13F3N2O2. The number of carbonyl (C=O) groups is 1. The molecule has 1 aromatic carbocycles. The second-order valence-electron chi connectivity index (χ2n) is 3.86. The molecule has 0 aliphatic carbocycles. The molecule has 0 aliphatic heterocycles. The maximum Gasteiger partial charge on any atom is 0.573 e. The highest BCUT2D eigenvalue weighted by Gasteiger charge is 2.30. The minimum Gasteiger partial charge on any atom is -0.406 e. The van der Waals surface area contributed by atoms with Crippen molar-refractivity contribution in [1.29, 1.82) is 0 Å². The third-order valence-electron chi connectivity index (χ3n) is 2.23. The van der Waals surface area contributed by atoms with E-state index >= 15 is 0 Å². The molecule has 1 atom stereocenters. The van der Waals surface area contributed by atoms with Crippen LogP contribution in [0.2, 0.25) is 0 Å². The van der Waals surface area contributed by atoms with Crippen molar-refractivity contribution in [2.24, 2.45) is 0 Å². The van der Waals surface area contributed by atoms with Gasteiger partial charge in [-0.25, -0.2) is 0 Å². The van der Waals surface area contributed by atoms with Crippen molar-refractivity contribution >= 4 is 11.6 Å². The van der Waals surface area contributed by atoms with E-state index in [1.54, 1.807) is 6.92 Å². The van der Waals surface area contributed by atoms with Crippen LogP contribution in [0.3, 0.4) is 0 Å². The fourth-order valence-electron chi connectivity index (χ4n) is 1.36. The minimum absolute atomic E-state index is 0.114. The van der Waals surface area contributed by atoms with Crippen LogP contribution in [-0.2, 0) is 4.79 Å². The Balaban J connectivity index is 2.57. The van der Waals surface area contributed by atoms with Gasteiger partial charge in [0.05, 0.1) is 6.54 Å². The molecule has 0 radical (unpaired) electrons. The Labute approximate surface area is 114 Å². The molecule has 0 bridgehead atoms. The lowest BCUT2D eigenvalue weighted by Crippen LogP contribution is -2.37. The second-order valence-corrected chi connectivity index (χ2v) is 3.86. The number of anilines is 1. The summed E-state index contributed by atoms with van der Waals surface area (Å²) in [5, 5.41) is 5.31. The first-order valence-electron chi connectivity index (χ1n) is 5.65. The van der Waals surface area contributed by atoms with Gasteiger partial charge in [-0.1, -0.05) is 5.92 Å². The molecule has 0 heterocycles. The number of rotatable bonds is 5. The van der Waals surface area contributed by atoms with Gasteiger partial charge in [0.25, 0.3) is 0 Å². The predicted octanol–water partition coefficient (Wildman–Crippen LogP) is 2.13. The number of halogens is 3. The first-order valence-corrected chi connectivity index (χ1v) is 5.65. The number of alkyl halides is 3. The van der Waals surface area contributed by atoms with E-state index in [0.29, 0.717) is 5.69 Å². The van der Waals surface area contributed by atoms with E-state index in [2.05, 4.69) is 21.3 Å². The molecule has 0 aliphatic rings. The number of hydrogen-bond acceptors (Lipinski definition) is 3. The van der Waals surface area contributed by atoms with Crippen LogP contribution in [-0.4, -0.2) is 24.9 Å². The fourth-order valence-corrected chi connectivity index (χ4v) is 1.36. The van der Waals surface area contributed by atoms with Gasteiger partial charge in [0.2, 0.25) is 5.91 Å². The topological polar surface area (TPSA) is 50.4 Å². The van der Waals surface area contributed by atoms with E-state index in [0.717, 1.165) is 12.1 Å². The Bertz CT molecular complexity index is 492. The van der Waals surface area contributed by atoms with Crippen LogP contribution < -0.4 is 15.4 Å². The molecule has 1 aromatic rings. The second kappa shape index (κ2) is 6.70. The highest BCUT2D eigenvalue weighted by Crippen LogP contribution is 2.24. The van der Waals surface area contributed by atoms with Gasteiger partial charge in [-0.05, 0) is 31.2 Å². The predicted molar refractivity (Wildman–Crippen MR) is 68.1 cm³/mol. The monoisotopic (exact) mass is 286 g/mol. The molecule has 4 nitrogen and oxygen atoms in total. The van der Waals surface area contributed by atoms with Crippen molar-refractivity contribution < 1.29 is 22.7 Å². The molecule has 0 unspecified atom stereocenters. The summed E-state index contributed by atoms with van der Waals surface area (Å²) in [5.74, 6) is 1.63. The molecule has 0 saturated carbocycles. The van der Waals surface area contributed by atoms with Crippen molar-refractivity contribution in [2.45, 2.75) is 19.3 Å². The Kier molecular flexibility index (Phi) is 5.26. The van der Waals surface area contributed by atoms with Crippen molar-refractivity contribution in [3.05, 3.63) is 24.3 Å². The molecule has 108 valence electrons. The van der Waals surface area contributed by atoms with Crippen molar-refractivity contribution in [3.8, 4) is 18.1 Å². The van der Waals surface area contributed by atoms with E-state index in [1.807, 2.05) is 0 Å². The number of terminal acetylenes is 1. The van der Waals surface area contributed by atoms with Gasteiger partial charge in [-0.2, -0.15) is 0 Å². The van der Waals surface area contributed by atoms with Crippen LogP contribution in [0.4, 0.5) is 18.9 Å². The number of ether oxygens (including phenoxy) is 1. The fraction of sp³-hybridized carbons (Fsp3) is 0.308. The Morgan fingerprint density at radius 3 is 2.50 bits per heavy atom. The van der Waals surface area contributed by atoms with Crippen LogP contribution in [0.15, 0.2) is 24.3 Å². The van der Waals surface area contributed by atoms with Gasteiger partial charge in [0, 0.05) is 5.69 Å². The van der Waals surface area contributed by atoms with Crippen LogP contribution in [0.1, 0.15) is 6.92 Å². The average molecular weight is 286 g/mol. The van der Waals surface area contributed by atoms with E-state index in [-0.39, 0.29) is 18.2 Å². The van der Waals surface area contributed by atoms with Gasteiger partial charge in [0.1, 0.15) is 11.8 Å². The van der Waals surface area contributed by atoms with Gasteiger partial charge in [0.15, 0.2) is 0 Å². The quantitative estimate of drug-likeness (QED) is 0.815. The standard InChI is InChI=1S/C13H13F3N2O2/c1-3-8-17-12(19)9(2)18-10-4-6-11(7-5-10)20-13(14,15)16/h1,4-7,9,18H,8H2,2H3,(H,17,19)/t9-/m1/s1. The minimum atomic E-state index is -4.72. The summed E-state index contributed by atoms with van der Waals surface area (Å²) < 4.78 is 39.6. The molecule has 7 heteroatoms. The van der Waals surface area contributed by atoms with Crippen molar-refractivity contribution in [2.75, 3.05) is 11.9 Å². The molecule has 0 saturated heterocycles. The van der Waals surface area contributed by atoms with Gasteiger partial charge >= 0.3 is 6.36 Å². The highest BCUT2D eigenvalue weighted by molar-refractivity contribution is 5.84. The summed E-state index contributed by atoms with van der Waals surface area (Å²) in [5.41, 5.74) is 0.489. The van der Waals surface area contributed by atoms with E-state index in [4.69, 9.17) is 6.42 Å². The van der Waals surface area contributed by atoms with Crippen LogP contribution >= 0.6 is 0 Å². The Morgan fingerprint density at radius 2 is 2.00 bits per heavy atom. The summed E-state index contributed by atoms with van der Waals surface area (Å²) in [4.78, 5) is 11.5. The number of hydrogen-bond donors (Lipinski definition) is 2. The number of carbonyl (C=O) groups excluding carboxylic acids is 1. The van der Waals surface area contributed by atoms with Gasteiger partial charge in [-0.3, -0.25) is 4.79 Å². The lowest BCUT2D eigenvalue weighted by atomic mass is 10.2. The summed E-state index contributed by atoms with van der Waals surface area (Å²) >= 11 is 0. The number of benzene rings is 1. The summed E-state index contributed by atoms with van der Waals surface area (Å²) in [7, 11) is 0. The summed E-state index contributed by atoms with van der Waals surface area (Å²) in [6.07, 6.45) is 0.281. The van der Waals surface area contributed by atoms with Crippen LogP contribution in [0.5, 0.6) is 5.75 Å². The molecule has 0 fully saturated rings. The third kappa shape index (κ3) is 5.52. The maximum atomic E-state index is 12.0. The Hall–Kier alpha value is -2.36. The molecule has 1 amide bonds. The molecule has 0 aromatic heterocycles. The molecule has 0 spiro atoms. The molecule has 20 heavy (non-hydrogen) atoms. The zero-order chi connectivity index (χ0) is 15.2. The highest BCUT2D eigenvalue weighted by atomic mass is 19.4. The molecule has 2 N–H and O–H groups in total. The summed E-state index contributed by atoms with van der Waals surface area (Å²) in [6.45, 7) is 1.72.